The smallest absolute Gasteiger partial charge is 0.305 e. The summed E-state index contributed by atoms with van der Waals surface area (Å²) in [5.41, 5.74) is 0.652. The van der Waals surface area contributed by atoms with Gasteiger partial charge in [0.25, 0.3) is 5.56 Å². The molecule has 0 aliphatic rings. The van der Waals surface area contributed by atoms with Crippen molar-refractivity contribution in [3.05, 3.63) is 61.5 Å². The van der Waals surface area contributed by atoms with Crippen molar-refractivity contribution in [2.45, 2.75) is 39.9 Å². The van der Waals surface area contributed by atoms with Crippen LogP contribution in [0.5, 0.6) is 0 Å². The van der Waals surface area contributed by atoms with Crippen LogP contribution in [0.2, 0.25) is 0 Å². The quantitative estimate of drug-likeness (QED) is 0.574. The van der Waals surface area contributed by atoms with Crippen molar-refractivity contribution in [3.8, 4) is 0 Å². The maximum atomic E-state index is 12.9. The minimum Gasteiger partial charge on any atom is -0.305 e. The third kappa shape index (κ3) is 3.29. The largest absolute Gasteiger partial charge is 0.333 e. The third-order valence-electron chi connectivity index (χ3n) is 4.08. The van der Waals surface area contributed by atoms with E-state index in [1.807, 2.05) is 37.3 Å². The van der Waals surface area contributed by atoms with Gasteiger partial charge in [-0.05, 0) is 34.8 Å². The van der Waals surface area contributed by atoms with Crippen molar-refractivity contribution in [1.82, 2.24) is 18.7 Å². The number of imidazole rings is 1. The molecule has 0 saturated heterocycles. The molecule has 0 saturated carbocycles. The van der Waals surface area contributed by atoms with Gasteiger partial charge in [-0.3, -0.25) is 18.7 Å². The second kappa shape index (κ2) is 7.41. The number of fused-ring (bicyclic) bond motifs is 1. The van der Waals surface area contributed by atoms with Gasteiger partial charge in [-0.1, -0.05) is 37.3 Å². The van der Waals surface area contributed by atoms with E-state index in [4.69, 9.17) is 0 Å². The van der Waals surface area contributed by atoms with Gasteiger partial charge in [0.15, 0.2) is 15.9 Å². The highest BCUT2D eigenvalue weighted by Gasteiger charge is 2.21. The van der Waals surface area contributed by atoms with Crippen LogP contribution in [-0.2, 0) is 24.4 Å². The van der Waals surface area contributed by atoms with E-state index in [1.54, 1.807) is 0 Å². The van der Waals surface area contributed by atoms with E-state index in [1.165, 1.54) is 20.6 Å². The van der Waals surface area contributed by atoms with Crippen molar-refractivity contribution >= 4 is 32.9 Å². The van der Waals surface area contributed by atoms with E-state index < -0.39 is 11.2 Å². The SMILES string of the molecule is CCCn1c(=O)c2c(nc(Br)n2CC(C)=O)n(Cc2ccccc2)c1=O. The molecule has 2 heterocycles. The first kappa shape index (κ1) is 18.3. The fourth-order valence-corrected chi connectivity index (χ4v) is 3.43. The number of hydrogen-bond donors (Lipinski definition) is 0. The Morgan fingerprint density at radius 3 is 2.42 bits per heavy atom. The van der Waals surface area contributed by atoms with Gasteiger partial charge in [0.2, 0.25) is 0 Å². The zero-order valence-electron chi connectivity index (χ0n) is 14.6. The van der Waals surface area contributed by atoms with E-state index in [-0.39, 0.29) is 23.5 Å². The van der Waals surface area contributed by atoms with Crippen molar-refractivity contribution in [2.75, 3.05) is 0 Å². The summed E-state index contributed by atoms with van der Waals surface area (Å²) in [7, 11) is 0. The summed E-state index contributed by atoms with van der Waals surface area (Å²) in [4.78, 5) is 41.8. The number of carbonyl (C=O) groups is 1. The Kier molecular flexibility index (Phi) is 5.22. The van der Waals surface area contributed by atoms with Gasteiger partial charge in [-0.25, -0.2) is 9.78 Å². The van der Waals surface area contributed by atoms with Crippen LogP contribution in [-0.4, -0.2) is 24.5 Å². The summed E-state index contributed by atoms with van der Waals surface area (Å²) in [6, 6.07) is 9.51. The molecule has 0 aliphatic carbocycles. The van der Waals surface area contributed by atoms with Gasteiger partial charge in [0.05, 0.1) is 13.1 Å². The van der Waals surface area contributed by atoms with Crippen molar-refractivity contribution in [2.24, 2.45) is 0 Å². The van der Waals surface area contributed by atoms with Gasteiger partial charge in [0, 0.05) is 6.54 Å². The Bertz CT molecular complexity index is 1080. The Labute approximate surface area is 158 Å². The zero-order chi connectivity index (χ0) is 18.8. The lowest BCUT2D eigenvalue weighted by Gasteiger charge is -2.12. The number of hydrogen-bond acceptors (Lipinski definition) is 4. The molecule has 0 spiro atoms. The van der Waals surface area contributed by atoms with Crippen molar-refractivity contribution in [3.63, 3.8) is 0 Å². The first-order valence-electron chi connectivity index (χ1n) is 8.36. The lowest BCUT2D eigenvalue weighted by Crippen LogP contribution is -2.41. The van der Waals surface area contributed by atoms with Crippen LogP contribution >= 0.6 is 15.9 Å². The van der Waals surface area contributed by atoms with Gasteiger partial charge >= 0.3 is 5.69 Å². The minimum absolute atomic E-state index is 0.0159. The van der Waals surface area contributed by atoms with Gasteiger partial charge in [-0.15, -0.1) is 0 Å². The number of halogens is 1. The Balaban J connectivity index is 2.34. The molecule has 0 aliphatic heterocycles. The summed E-state index contributed by atoms with van der Waals surface area (Å²) in [5, 5.41) is 0. The van der Waals surface area contributed by atoms with Crippen LogP contribution in [0.3, 0.4) is 0 Å². The minimum atomic E-state index is -0.421. The monoisotopic (exact) mass is 418 g/mol. The number of Topliss-reactive ketones (excluding diaryl/α,β-unsaturated/α-hetero) is 1. The standard InChI is InChI=1S/C18H19BrN4O3/c1-3-9-21-16(25)14-15(20-17(19)22(14)10-12(2)24)23(18(21)26)11-13-7-5-4-6-8-13/h4-8H,3,9-11H2,1-2H3. The number of benzene rings is 1. The normalized spacial score (nSPS) is 11.2. The molecular weight excluding hydrogens is 400 g/mol. The fourth-order valence-electron chi connectivity index (χ4n) is 2.96. The topological polar surface area (TPSA) is 78.9 Å². The number of rotatable bonds is 6. The summed E-state index contributed by atoms with van der Waals surface area (Å²) < 4.78 is 4.59. The maximum Gasteiger partial charge on any atom is 0.333 e. The summed E-state index contributed by atoms with van der Waals surface area (Å²) >= 11 is 3.32. The van der Waals surface area contributed by atoms with Crippen LogP contribution in [0.15, 0.2) is 44.7 Å². The highest BCUT2D eigenvalue weighted by molar-refractivity contribution is 9.10. The zero-order valence-corrected chi connectivity index (χ0v) is 16.2. The molecule has 0 bridgehead atoms. The van der Waals surface area contributed by atoms with Gasteiger partial charge in [0.1, 0.15) is 5.78 Å². The first-order chi connectivity index (χ1) is 12.4. The van der Waals surface area contributed by atoms with E-state index in [9.17, 15) is 14.4 Å². The predicted octanol–water partition coefficient (Wildman–Crippen LogP) is 2.17. The summed E-state index contributed by atoms with van der Waals surface area (Å²) in [5.74, 6) is -0.104. The molecule has 0 fully saturated rings. The predicted molar refractivity (Wildman–Crippen MR) is 102 cm³/mol. The number of nitrogens with zero attached hydrogens (tertiary/aromatic N) is 4. The average Bonchev–Trinajstić information content (AvgIpc) is 2.92. The van der Waals surface area contributed by atoms with E-state index in [2.05, 4.69) is 20.9 Å². The fraction of sp³-hybridized carbons (Fsp3) is 0.333. The molecule has 3 rings (SSSR count). The first-order valence-corrected chi connectivity index (χ1v) is 9.16. The molecule has 1 aromatic carbocycles. The van der Waals surface area contributed by atoms with Crippen LogP contribution in [0, 0.1) is 0 Å². The molecule has 26 heavy (non-hydrogen) atoms. The lowest BCUT2D eigenvalue weighted by atomic mass is 10.2. The van der Waals surface area contributed by atoms with Crippen molar-refractivity contribution in [1.29, 1.82) is 0 Å². The van der Waals surface area contributed by atoms with Crippen LogP contribution in [0.25, 0.3) is 11.2 Å². The molecule has 8 heteroatoms. The molecule has 0 unspecified atom stereocenters. The molecule has 2 aromatic heterocycles. The van der Waals surface area contributed by atoms with Gasteiger partial charge < -0.3 is 4.57 Å². The van der Waals surface area contributed by atoms with Crippen LogP contribution in [0.1, 0.15) is 25.8 Å². The van der Waals surface area contributed by atoms with Crippen LogP contribution in [0.4, 0.5) is 0 Å². The van der Waals surface area contributed by atoms with Crippen molar-refractivity contribution < 1.29 is 4.79 Å². The second-order valence-corrected chi connectivity index (χ2v) is 6.86. The number of carbonyl (C=O) groups excluding carboxylic acids is 1. The molecule has 0 atom stereocenters. The molecule has 0 radical (unpaired) electrons. The molecule has 0 N–H and O–H groups in total. The third-order valence-corrected chi connectivity index (χ3v) is 4.68. The number of aromatic nitrogens is 4. The van der Waals surface area contributed by atoms with Crippen LogP contribution < -0.4 is 11.2 Å². The Morgan fingerprint density at radius 2 is 1.81 bits per heavy atom. The summed E-state index contributed by atoms with van der Waals surface area (Å²) in [6.07, 6.45) is 0.647. The molecule has 0 amide bonds. The highest BCUT2D eigenvalue weighted by Crippen LogP contribution is 2.17. The molecular formula is C18H19BrN4O3. The Hall–Kier alpha value is -2.48. The second-order valence-electron chi connectivity index (χ2n) is 6.15. The van der Waals surface area contributed by atoms with E-state index in [0.29, 0.717) is 24.2 Å². The lowest BCUT2D eigenvalue weighted by molar-refractivity contribution is -0.117. The van der Waals surface area contributed by atoms with E-state index in [0.717, 1.165) is 5.56 Å². The molecule has 7 nitrogen and oxygen atoms in total. The van der Waals surface area contributed by atoms with Gasteiger partial charge in [-0.2, -0.15) is 0 Å². The molecule has 3 aromatic rings. The average molecular weight is 419 g/mol. The highest BCUT2D eigenvalue weighted by atomic mass is 79.9. The summed E-state index contributed by atoms with van der Waals surface area (Å²) in [6.45, 7) is 3.97. The number of ketones is 1. The maximum absolute atomic E-state index is 12.9. The Morgan fingerprint density at radius 1 is 1.12 bits per heavy atom. The molecule has 136 valence electrons. The van der Waals surface area contributed by atoms with E-state index >= 15 is 0 Å².